The van der Waals surface area contributed by atoms with Crippen molar-refractivity contribution in [3.8, 4) is 0 Å². The summed E-state index contributed by atoms with van der Waals surface area (Å²) in [5.41, 5.74) is 0.980. The second-order valence-electron chi connectivity index (χ2n) is 8.42. The van der Waals surface area contributed by atoms with Crippen LogP contribution in [-0.2, 0) is 25.3 Å². The first-order valence-electron chi connectivity index (χ1n) is 8.56. The molecule has 2 rings (SSSR count). The van der Waals surface area contributed by atoms with Crippen molar-refractivity contribution in [3.05, 3.63) is 29.8 Å². The fraction of sp³-hybridized carbons (Fsp3) is 0.632. The van der Waals surface area contributed by atoms with Crippen LogP contribution in [0.25, 0.3) is 0 Å². The van der Waals surface area contributed by atoms with E-state index in [4.69, 9.17) is 14.0 Å². The zero-order valence-corrected chi connectivity index (χ0v) is 15.9. The Balaban J connectivity index is 1.94. The van der Waals surface area contributed by atoms with Crippen LogP contribution >= 0.6 is 0 Å². The second-order valence-corrected chi connectivity index (χ2v) is 8.42. The number of hydrogen-bond acceptors (Lipinski definition) is 4. The Morgan fingerprint density at radius 3 is 2.00 bits per heavy atom. The maximum absolute atomic E-state index is 11.8. The molecule has 24 heavy (non-hydrogen) atoms. The predicted octanol–water partition coefficient (Wildman–Crippen LogP) is 3.26. The molecular weight excluding hydrogens is 303 g/mol. The van der Waals surface area contributed by atoms with Gasteiger partial charge in [-0.25, -0.2) is 0 Å². The van der Waals surface area contributed by atoms with Gasteiger partial charge in [0.05, 0.1) is 11.2 Å². The number of ether oxygens (including phenoxy) is 1. The van der Waals surface area contributed by atoms with Crippen molar-refractivity contribution in [1.82, 2.24) is 0 Å². The molecule has 0 atom stereocenters. The second kappa shape index (κ2) is 6.53. The van der Waals surface area contributed by atoms with Crippen molar-refractivity contribution in [2.24, 2.45) is 0 Å². The molecule has 0 saturated carbocycles. The van der Waals surface area contributed by atoms with Crippen LogP contribution in [0, 0.1) is 0 Å². The zero-order valence-electron chi connectivity index (χ0n) is 15.9. The number of rotatable bonds is 4. The molecule has 0 amide bonds. The molecule has 4 nitrogen and oxygen atoms in total. The van der Waals surface area contributed by atoms with Gasteiger partial charge in [0, 0.05) is 6.42 Å². The number of hydrogen-bond donors (Lipinski definition) is 0. The summed E-state index contributed by atoms with van der Waals surface area (Å²) in [6.07, 6.45) is 1.05. The van der Waals surface area contributed by atoms with Crippen molar-refractivity contribution in [3.63, 3.8) is 0 Å². The molecule has 1 aromatic carbocycles. The molecule has 5 heteroatoms. The van der Waals surface area contributed by atoms with Gasteiger partial charge < -0.3 is 14.0 Å². The van der Waals surface area contributed by atoms with Crippen molar-refractivity contribution in [1.29, 1.82) is 0 Å². The average Bonchev–Trinajstić information content (AvgIpc) is 2.64. The Kier molecular flexibility index (Phi) is 5.17. The first kappa shape index (κ1) is 19.0. The maximum Gasteiger partial charge on any atom is 0.494 e. The van der Waals surface area contributed by atoms with E-state index in [1.165, 1.54) is 0 Å². The molecule has 0 radical (unpaired) electrons. The third kappa shape index (κ3) is 4.61. The highest BCUT2D eigenvalue weighted by Gasteiger charge is 2.51. The molecule has 0 aromatic heterocycles. The van der Waals surface area contributed by atoms with E-state index in [9.17, 15) is 4.79 Å². The van der Waals surface area contributed by atoms with Gasteiger partial charge in [-0.2, -0.15) is 0 Å². The molecule has 0 spiro atoms. The molecule has 1 aliphatic heterocycles. The summed E-state index contributed by atoms with van der Waals surface area (Å²) in [5, 5.41) is 0. The van der Waals surface area contributed by atoms with E-state index in [1.54, 1.807) is 0 Å². The number of carbonyl (C=O) groups excluding carboxylic acids is 1. The minimum atomic E-state index is -0.433. The van der Waals surface area contributed by atoms with Gasteiger partial charge in [-0.05, 0) is 65.9 Å². The summed E-state index contributed by atoms with van der Waals surface area (Å²) in [6.45, 7) is 13.8. The first-order chi connectivity index (χ1) is 10.9. The third-order valence-electron chi connectivity index (χ3n) is 4.54. The first-order valence-corrected chi connectivity index (χ1v) is 8.56. The quantitative estimate of drug-likeness (QED) is 0.627. The minimum absolute atomic E-state index is 0.169. The Morgan fingerprint density at radius 2 is 1.54 bits per heavy atom. The van der Waals surface area contributed by atoms with E-state index < -0.39 is 5.60 Å². The normalized spacial score (nSPS) is 19.4. The van der Waals surface area contributed by atoms with Gasteiger partial charge in [-0.15, -0.1) is 0 Å². The molecule has 0 bridgehead atoms. The lowest BCUT2D eigenvalue weighted by Gasteiger charge is -2.32. The lowest BCUT2D eigenvalue weighted by atomic mass is 9.78. The Labute approximate surface area is 146 Å². The molecule has 0 unspecified atom stereocenters. The fourth-order valence-corrected chi connectivity index (χ4v) is 2.46. The van der Waals surface area contributed by atoms with E-state index in [2.05, 4.69) is 0 Å². The summed E-state index contributed by atoms with van der Waals surface area (Å²) < 4.78 is 17.4. The highest BCUT2D eigenvalue weighted by molar-refractivity contribution is 6.62. The standard InChI is InChI=1S/C19H29BO4/c1-17(2,3)22-16(21)13-10-14-8-11-15(12-9-14)20-23-18(4,5)19(6,7)24-20/h8-9,11-12H,10,13H2,1-7H3. The van der Waals surface area contributed by atoms with Gasteiger partial charge in [0.2, 0.25) is 0 Å². The monoisotopic (exact) mass is 332 g/mol. The van der Waals surface area contributed by atoms with Crippen LogP contribution in [0.3, 0.4) is 0 Å². The number of esters is 1. The van der Waals surface area contributed by atoms with E-state index in [0.717, 1.165) is 11.0 Å². The van der Waals surface area contributed by atoms with E-state index >= 15 is 0 Å². The summed E-state index contributed by atoms with van der Waals surface area (Å²) in [5.74, 6) is -0.169. The summed E-state index contributed by atoms with van der Waals surface area (Å²) in [6, 6.07) is 8.05. The smallest absolute Gasteiger partial charge is 0.460 e. The highest BCUT2D eigenvalue weighted by atomic mass is 16.7. The van der Waals surface area contributed by atoms with Gasteiger partial charge in [-0.1, -0.05) is 24.3 Å². The number of benzene rings is 1. The summed E-state index contributed by atoms with van der Waals surface area (Å²) in [7, 11) is -0.352. The molecular formula is C19H29BO4. The zero-order chi connectivity index (χ0) is 18.2. The number of carbonyl (C=O) groups is 1. The fourth-order valence-electron chi connectivity index (χ4n) is 2.46. The van der Waals surface area contributed by atoms with Crippen molar-refractivity contribution in [2.45, 2.75) is 78.1 Å². The lowest BCUT2D eigenvalue weighted by Crippen LogP contribution is -2.41. The molecule has 0 N–H and O–H groups in total. The van der Waals surface area contributed by atoms with Gasteiger partial charge in [0.15, 0.2) is 0 Å². The van der Waals surface area contributed by atoms with Crippen LogP contribution < -0.4 is 5.46 Å². The van der Waals surface area contributed by atoms with Crippen LogP contribution in [-0.4, -0.2) is 29.9 Å². The van der Waals surface area contributed by atoms with Gasteiger partial charge in [0.1, 0.15) is 5.60 Å². The summed E-state index contributed by atoms with van der Waals surface area (Å²) in [4.78, 5) is 11.8. The average molecular weight is 332 g/mol. The van der Waals surface area contributed by atoms with Crippen LogP contribution in [0.5, 0.6) is 0 Å². The maximum atomic E-state index is 11.8. The largest absolute Gasteiger partial charge is 0.494 e. The Hall–Kier alpha value is -1.33. The Bertz CT molecular complexity index is 568. The van der Waals surface area contributed by atoms with Gasteiger partial charge in [-0.3, -0.25) is 4.79 Å². The molecule has 1 fully saturated rings. The molecule has 132 valence electrons. The van der Waals surface area contributed by atoms with Crippen molar-refractivity contribution < 1.29 is 18.8 Å². The van der Waals surface area contributed by atoms with Gasteiger partial charge in [0.25, 0.3) is 0 Å². The van der Waals surface area contributed by atoms with Crippen molar-refractivity contribution in [2.75, 3.05) is 0 Å². The predicted molar refractivity (Wildman–Crippen MR) is 96.3 cm³/mol. The highest BCUT2D eigenvalue weighted by Crippen LogP contribution is 2.36. The molecule has 1 aliphatic rings. The topological polar surface area (TPSA) is 44.8 Å². The minimum Gasteiger partial charge on any atom is -0.460 e. The van der Waals surface area contributed by atoms with Crippen LogP contribution in [0.15, 0.2) is 24.3 Å². The number of aryl methyl sites for hydroxylation is 1. The molecule has 1 heterocycles. The molecule has 0 aliphatic carbocycles. The van der Waals surface area contributed by atoms with Crippen LogP contribution in [0.2, 0.25) is 0 Å². The van der Waals surface area contributed by atoms with E-state index in [0.29, 0.717) is 12.8 Å². The molecule has 1 aromatic rings. The Morgan fingerprint density at radius 1 is 1.04 bits per heavy atom. The van der Waals surface area contributed by atoms with E-state index in [-0.39, 0.29) is 24.3 Å². The van der Waals surface area contributed by atoms with E-state index in [1.807, 2.05) is 72.7 Å². The van der Waals surface area contributed by atoms with Crippen molar-refractivity contribution >= 4 is 18.6 Å². The summed E-state index contributed by atoms with van der Waals surface area (Å²) >= 11 is 0. The van der Waals surface area contributed by atoms with Crippen LogP contribution in [0.4, 0.5) is 0 Å². The van der Waals surface area contributed by atoms with Crippen LogP contribution in [0.1, 0.15) is 60.5 Å². The third-order valence-corrected chi connectivity index (χ3v) is 4.54. The molecule has 1 saturated heterocycles. The SMILES string of the molecule is CC(C)(C)OC(=O)CCc1ccc(B2OC(C)(C)C(C)(C)O2)cc1. The van der Waals surface area contributed by atoms with Gasteiger partial charge >= 0.3 is 13.1 Å². The lowest BCUT2D eigenvalue weighted by molar-refractivity contribution is -0.154.